The van der Waals surface area contributed by atoms with Crippen molar-refractivity contribution in [2.24, 2.45) is 0 Å². The molecule has 0 radical (unpaired) electrons. The van der Waals surface area contributed by atoms with Gasteiger partial charge in [-0.25, -0.2) is 0 Å². The smallest absolute Gasteiger partial charge is 0.257 e. The van der Waals surface area contributed by atoms with Gasteiger partial charge in [-0.05, 0) is 30.5 Å². The molecule has 0 aliphatic rings. The second-order valence-corrected chi connectivity index (χ2v) is 4.09. The molecule has 0 aromatic carbocycles. The van der Waals surface area contributed by atoms with E-state index >= 15 is 0 Å². The van der Waals surface area contributed by atoms with Crippen molar-refractivity contribution in [2.45, 2.75) is 26.7 Å². The number of aryl methyl sites for hydroxylation is 1. The number of H-pyrrole nitrogens is 1. The number of fused-ring (bicyclic) bond motifs is 1. The Morgan fingerprint density at radius 2 is 2.07 bits per heavy atom. The first-order valence-corrected chi connectivity index (χ1v) is 5.08. The van der Waals surface area contributed by atoms with Crippen molar-refractivity contribution in [1.82, 2.24) is 9.97 Å². The molecule has 2 aromatic rings. The van der Waals surface area contributed by atoms with Gasteiger partial charge in [0.15, 0.2) is 0 Å². The highest BCUT2D eigenvalue weighted by molar-refractivity contribution is 5.80. The summed E-state index contributed by atoms with van der Waals surface area (Å²) >= 11 is 0. The minimum Gasteiger partial charge on any atom is -0.328 e. The van der Waals surface area contributed by atoms with Crippen molar-refractivity contribution in [2.75, 3.05) is 0 Å². The maximum absolute atomic E-state index is 11.5. The maximum Gasteiger partial charge on any atom is 0.257 e. The summed E-state index contributed by atoms with van der Waals surface area (Å²) in [4.78, 5) is 18.7. The van der Waals surface area contributed by atoms with E-state index < -0.39 is 0 Å². The van der Waals surface area contributed by atoms with E-state index in [1.807, 2.05) is 19.1 Å². The Morgan fingerprint density at radius 3 is 2.73 bits per heavy atom. The first-order valence-electron chi connectivity index (χ1n) is 5.08. The number of hydrogen-bond acceptors (Lipinski definition) is 2. The highest BCUT2D eigenvalue weighted by atomic mass is 16.1. The van der Waals surface area contributed by atoms with E-state index in [-0.39, 0.29) is 5.56 Å². The van der Waals surface area contributed by atoms with Gasteiger partial charge in [0.25, 0.3) is 5.56 Å². The lowest BCUT2D eigenvalue weighted by molar-refractivity contribution is 0.829. The first-order chi connectivity index (χ1) is 7.09. The summed E-state index contributed by atoms with van der Waals surface area (Å²) in [5.41, 5.74) is 2.77. The molecule has 2 heterocycles. The molecule has 3 heteroatoms. The molecule has 2 rings (SSSR count). The Kier molecular flexibility index (Phi) is 2.31. The van der Waals surface area contributed by atoms with Crippen LogP contribution in [0.4, 0.5) is 0 Å². The number of aromatic nitrogens is 2. The second-order valence-electron chi connectivity index (χ2n) is 4.09. The van der Waals surface area contributed by atoms with E-state index in [9.17, 15) is 4.79 Å². The standard InChI is InChI=1S/C12H14N2O/c1-7(2)10-5-4-9-11(14-10)8(3)6-13-12(9)15/h4-7H,1-3H3,(H,13,15). The Labute approximate surface area is 88.2 Å². The van der Waals surface area contributed by atoms with Crippen LogP contribution in [0.25, 0.3) is 10.9 Å². The fraction of sp³-hybridized carbons (Fsp3) is 0.333. The minimum atomic E-state index is -0.0709. The fourth-order valence-corrected chi connectivity index (χ4v) is 1.60. The van der Waals surface area contributed by atoms with Crippen molar-refractivity contribution < 1.29 is 0 Å². The lowest BCUT2D eigenvalue weighted by Crippen LogP contribution is -2.08. The summed E-state index contributed by atoms with van der Waals surface area (Å²) in [5.74, 6) is 0.382. The number of rotatable bonds is 1. The molecule has 0 saturated heterocycles. The molecule has 0 spiro atoms. The van der Waals surface area contributed by atoms with Gasteiger partial charge in [0.2, 0.25) is 0 Å². The predicted octanol–water partition coefficient (Wildman–Crippen LogP) is 2.35. The number of hydrogen-bond donors (Lipinski definition) is 1. The third-order valence-corrected chi connectivity index (χ3v) is 2.55. The van der Waals surface area contributed by atoms with E-state index in [4.69, 9.17) is 0 Å². The van der Waals surface area contributed by atoms with Gasteiger partial charge in [0.05, 0.1) is 10.9 Å². The van der Waals surface area contributed by atoms with Crippen molar-refractivity contribution >= 4 is 10.9 Å². The Morgan fingerprint density at radius 1 is 1.33 bits per heavy atom. The van der Waals surface area contributed by atoms with E-state index in [0.29, 0.717) is 11.3 Å². The molecule has 0 aliphatic carbocycles. The van der Waals surface area contributed by atoms with E-state index in [1.54, 1.807) is 6.20 Å². The molecule has 0 bridgehead atoms. The third-order valence-electron chi connectivity index (χ3n) is 2.55. The zero-order valence-electron chi connectivity index (χ0n) is 9.16. The zero-order chi connectivity index (χ0) is 11.0. The molecule has 78 valence electrons. The van der Waals surface area contributed by atoms with Crippen LogP contribution < -0.4 is 5.56 Å². The summed E-state index contributed by atoms with van der Waals surface area (Å²) in [6.45, 7) is 6.14. The van der Waals surface area contributed by atoms with Gasteiger partial charge in [0, 0.05) is 11.9 Å². The Hall–Kier alpha value is -1.64. The Bertz CT molecular complexity index is 555. The lowest BCUT2D eigenvalue weighted by atomic mass is 10.1. The maximum atomic E-state index is 11.5. The molecule has 0 atom stereocenters. The summed E-state index contributed by atoms with van der Waals surface area (Å²) in [7, 11) is 0. The van der Waals surface area contributed by atoms with Crippen LogP contribution >= 0.6 is 0 Å². The predicted molar refractivity (Wildman–Crippen MR) is 61.2 cm³/mol. The lowest BCUT2D eigenvalue weighted by Gasteiger charge is -2.06. The largest absolute Gasteiger partial charge is 0.328 e. The van der Waals surface area contributed by atoms with Crippen molar-refractivity contribution in [3.63, 3.8) is 0 Å². The number of aromatic amines is 1. The van der Waals surface area contributed by atoms with E-state index in [1.165, 1.54) is 0 Å². The SMILES string of the molecule is Cc1c[nH]c(=O)c2ccc(C(C)C)nc12. The van der Waals surface area contributed by atoms with Gasteiger partial charge < -0.3 is 4.98 Å². The quantitative estimate of drug-likeness (QED) is 0.771. The molecule has 1 N–H and O–H groups in total. The normalized spacial score (nSPS) is 11.2. The molecule has 2 aromatic heterocycles. The summed E-state index contributed by atoms with van der Waals surface area (Å²) in [5, 5.41) is 0.666. The number of nitrogens with zero attached hydrogens (tertiary/aromatic N) is 1. The van der Waals surface area contributed by atoms with Crippen LogP contribution in [-0.4, -0.2) is 9.97 Å². The van der Waals surface area contributed by atoms with Gasteiger partial charge in [0.1, 0.15) is 0 Å². The molecule has 0 fully saturated rings. The van der Waals surface area contributed by atoms with Crippen molar-refractivity contribution in [3.05, 3.63) is 39.9 Å². The molecular weight excluding hydrogens is 188 g/mol. The molecule has 15 heavy (non-hydrogen) atoms. The van der Waals surface area contributed by atoms with Gasteiger partial charge in [-0.2, -0.15) is 0 Å². The average molecular weight is 202 g/mol. The van der Waals surface area contributed by atoms with Crippen LogP contribution in [0.15, 0.2) is 23.1 Å². The van der Waals surface area contributed by atoms with Gasteiger partial charge >= 0.3 is 0 Å². The van der Waals surface area contributed by atoms with Crippen LogP contribution in [0, 0.1) is 6.92 Å². The first kappa shape index (κ1) is 9.90. The number of nitrogens with one attached hydrogen (secondary N) is 1. The van der Waals surface area contributed by atoms with Crippen LogP contribution in [0.3, 0.4) is 0 Å². The topological polar surface area (TPSA) is 45.8 Å². The molecule has 0 aliphatic heterocycles. The molecule has 0 amide bonds. The van der Waals surface area contributed by atoms with Gasteiger partial charge in [-0.3, -0.25) is 9.78 Å². The van der Waals surface area contributed by atoms with E-state index in [0.717, 1.165) is 16.8 Å². The van der Waals surface area contributed by atoms with Crippen molar-refractivity contribution in [3.8, 4) is 0 Å². The van der Waals surface area contributed by atoms with Crippen LogP contribution in [0.2, 0.25) is 0 Å². The molecular formula is C12H14N2O. The van der Waals surface area contributed by atoms with Crippen molar-refractivity contribution in [1.29, 1.82) is 0 Å². The van der Waals surface area contributed by atoms with E-state index in [2.05, 4.69) is 23.8 Å². The fourth-order valence-electron chi connectivity index (χ4n) is 1.60. The highest BCUT2D eigenvalue weighted by Crippen LogP contribution is 2.17. The summed E-state index contributed by atoms with van der Waals surface area (Å²) < 4.78 is 0. The summed E-state index contributed by atoms with van der Waals surface area (Å²) in [6, 6.07) is 3.77. The van der Waals surface area contributed by atoms with Crippen LogP contribution in [0.1, 0.15) is 31.0 Å². The monoisotopic (exact) mass is 202 g/mol. The Balaban J connectivity index is 2.81. The number of pyridine rings is 2. The minimum absolute atomic E-state index is 0.0709. The van der Waals surface area contributed by atoms with Gasteiger partial charge in [-0.15, -0.1) is 0 Å². The third kappa shape index (κ3) is 1.65. The average Bonchev–Trinajstić information content (AvgIpc) is 2.23. The molecule has 0 saturated carbocycles. The second kappa shape index (κ2) is 3.50. The molecule has 0 unspecified atom stereocenters. The highest BCUT2D eigenvalue weighted by Gasteiger charge is 2.06. The zero-order valence-corrected chi connectivity index (χ0v) is 9.16. The van der Waals surface area contributed by atoms with Gasteiger partial charge in [-0.1, -0.05) is 13.8 Å². The van der Waals surface area contributed by atoms with Crippen LogP contribution in [0.5, 0.6) is 0 Å². The molecule has 3 nitrogen and oxygen atoms in total. The van der Waals surface area contributed by atoms with Crippen LogP contribution in [-0.2, 0) is 0 Å². The summed E-state index contributed by atoms with van der Waals surface area (Å²) in [6.07, 6.45) is 1.71.